The van der Waals surface area contributed by atoms with Gasteiger partial charge in [-0.2, -0.15) is 18.4 Å². The normalized spacial score (nSPS) is 11.2. The second kappa shape index (κ2) is 8.24. The number of benzene rings is 3. The van der Waals surface area contributed by atoms with Crippen molar-refractivity contribution in [3.05, 3.63) is 83.7 Å². The van der Waals surface area contributed by atoms with E-state index >= 15 is 0 Å². The average molecular weight is 451 g/mol. The van der Waals surface area contributed by atoms with Crippen LogP contribution in [0.3, 0.4) is 0 Å². The van der Waals surface area contributed by atoms with E-state index in [1.807, 2.05) is 36.4 Å². The number of nitrogen functional groups attached to an aromatic ring is 1. The molecule has 0 fully saturated rings. The van der Waals surface area contributed by atoms with Crippen LogP contribution in [0, 0.1) is 11.3 Å². The highest BCUT2D eigenvalue weighted by molar-refractivity contribution is 5.96. The lowest BCUT2D eigenvalue weighted by Gasteiger charge is -2.17. The zero-order chi connectivity index (χ0) is 23.8. The van der Waals surface area contributed by atoms with Gasteiger partial charge in [0.05, 0.1) is 29.6 Å². The molecule has 0 amide bonds. The van der Waals surface area contributed by atoms with E-state index in [1.54, 1.807) is 12.1 Å². The maximum Gasteiger partial charge on any atom is 0.416 e. The number of anilines is 1. The van der Waals surface area contributed by atoms with Crippen molar-refractivity contribution in [1.29, 1.82) is 5.26 Å². The molecule has 0 aliphatic carbocycles. The molecule has 33 heavy (non-hydrogen) atoms. The molecule has 0 atom stereocenters. The molecule has 1 heterocycles. The van der Waals surface area contributed by atoms with Crippen LogP contribution < -0.4 is 10.5 Å². The van der Waals surface area contributed by atoms with E-state index in [0.29, 0.717) is 5.75 Å². The zero-order valence-corrected chi connectivity index (χ0v) is 17.2. The third-order valence-electron chi connectivity index (χ3n) is 5.04. The first-order valence-corrected chi connectivity index (χ1v) is 9.60. The minimum Gasteiger partial charge on any atom is -0.464 e. The van der Waals surface area contributed by atoms with E-state index in [0.717, 1.165) is 40.6 Å². The molecule has 0 saturated carbocycles. The first-order chi connectivity index (χ1) is 15.7. The molecule has 4 rings (SSSR count). The van der Waals surface area contributed by atoms with Gasteiger partial charge in [-0.1, -0.05) is 30.3 Å². The molecule has 0 bridgehead atoms. The number of nitrogens with zero attached hydrogens (tertiary/aromatic N) is 2. The summed E-state index contributed by atoms with van der Waals surface area (Å²) in [7, 11) is 1.10. The van der Waals surface area contributed by atoms with E-state index in [-0.39, 0.29) is 28.4 Å². The molecule has 0 radical (unpaired) electrons. The van der Waals surface area contributed by atoms with Crippen molar-refractivity contribution in [2.24, 2.45) is 0 Å². The lowest BCUT2D eigenvalue weighted by Crippen LogP contribution is -2.13. The maximum absolute atomic E-state index is 13.5. The molecular formula is C24H16F3N3O3. The highest BCUT2D eigenvalue weighted by atomic mass is 19.4. The summed E-state index contributed by atoms with van der Waals surface area (Å²) in [4.78, 5) is 12.4. The largest absolute Gasteiger partial charge is 0.464 e. The predicted octanol–water partition coefficient (Wildman–Crippen LogP) is 5.68. The smallest absolute Gasteiger partial charge is 0.416 e. The van der Waals surface area contributed by atoms with Gasteiger partial charge in [-0.3, -0.25) is 0 Å². The summed E-state index contributed by atoms with van der Waals surface area (Å²) in [6, 6.07) is 17.4. The summed E-state index contributed by atoms with van der Waals surface area (Å²) < 4.78 is 52.2. The fourth-order valence-electron chi connectivity index (χ4n) is 3.43. The van der Waals surface area contributed by atoms with Gasteiger partial charge in [0.2, 0.25) is 0 Å². The number of fused-ring (bicyclic) bond motifs is 1. The number of aromatic nitrogens is 1. The Hall–Kier alpha value is -4.45. The fourth-order valence-corrected chi connectivity index (χ4v) is 3.43. The van der Waals surface area contributed by atoms with Crippen molar-refractivity contribution in [2.75, 3.05) is 12.8 Å². The van der Waals surface area contributed by atoms with Crippen molar-refractivity contribution in [3.8, 4) is 23.3 Å². The molecule has 166 valence electrons. The van der Waals surface area contributed by atoms with Gasteiger partial charge in [0.25, 0.3) is 0 Å². The summed E-state index contributed by atoms with van der Waals surface area (Å²) in [6.45, 7) is 0. The van der Waals surface area contributed by atoms with E-state index in [1.165, 1.54) is 6.20 Å². The molecule has 0 aliphatic heterocycles. The highest BCUT2D eigenvalue weighted by Crippen LogP contribution is 2.38. The Morgan fingerprint density at radius 3 is 2.45 bits per heavy atom. The van der Waals surface area contributed by atoms with Crippen LogP contribution >= 0.6 is 0 Å². The standard InChI is InChI=1S/C24H16F3N3O3/c1-32-23(31)22-21(29)16(12-28)13-30(22)19-11-17(24(25,26)27)7-9-20(19)33-18-8-6-14-4-2-3-5-15(14)10-18/h2-11,13H,29H2,1H3. The Morgan fingerprint density at radius 2 is 1.79 bits per heavy atom. The number of methoxy groups -OCH3 is 1. The second-order valence-electron chi connectivity index (χ2n) is 7.07. The van der Waals surface area contributed by atoms with Crippen LogP contribution in [-0.4, -0.2) is 17.6 Å². The van der Waals surface area contributed by atoms with Gasteiger partial charge in [0.1, 0.15) is 11.8 Å². The minimum absolute atomic E-state index is 0.0166. The summed E-state index contributed by atoms with van der Waals surface area (Å²) in [5.74, 6) is -0.527. The van der Waals surface area contributed by atoms with Crippen LogP contribution in [0.1, 0.15) is 21.6 Å². The molecule has 1 aromatic heterocycles. The van der Waals surface area contributed by atoms with Gasteiger partial charge in [-0.25, -0.2) is 4.79 Å². The van der Waals surface area contributed by atoms with Crippen LogP contribution in [-0.2, 0) is 10.9 Å². The van der Waals surface area contributed by atoms with E-state index in [2.05, 4.69) is 0 Å². The van der Waals surface area contributed by atoms with Crippen LogP contribution in [0.5, 0.6) is 11.5 Å². The van der Waals surface area contributed by atoms with Gasteiger partial charge in [-0.05, 0) is 41.1 Å². The SMILES string of the molecule is COC(=O)c1c(N)c(C#N)cn1-c1cc(C(F)(F)F)ccc1Oc1ccc2ccccc2c1. The topological polar surface area (TPSA) is 90.3 Å². The van der Waals surface area contributed by atoms with Crippen molar-refractivity contribution in [3.63, 3.8) is 0 Å². The Morgan fingerprint density at radius 1 is 1.06 bits per heavy atom. The van der Waals surface area contributed by atoms with Gasteiger partial charge < -0.3 is 19.8 Å². The number of nitriles is 1. The Bertz CT molecular complexity index is 1420. The molecule has 6 nitrogen and oxygen atoms in total. The zero-order valence-electron chi connectivity index (χ0n) is 17.2. The first kappa shape index (κ1) is 21.8. The molecule has 0 saturated heterocycles. The number of ether oxygens (including phenoxy) is 2. The van der Waals surface area contributed by atoms with Crippen molar-refractivity contribution >= 4 is 22.4 Å². The van der Waals surface area contributed by atoms with Gasteiger partial charge in [0.15, 0.2) is 11.4 Å². The number of esters is 1. The third-order valence-corrected chi connectivity index (χ3v) is 5.04. The average Bonchev–Trinajstić information content (AvgIpc) is 3.14. The van der Waals surface area contributed by atoms with Gasteiger partial charge in [0, 0.05) is 6.20 Å². The summed E-state index contributed by atoms with van der Waals surface area (Å²) in [6.07, 6.45) is -3.48. The second-order valence-corrected chi connectivity index (χ2v) is 7.07. The van der Waals surface area contributed by atoms with Crippen molar-refractivity contribution in [1.82, 2.24) is 4.57 Å². The number of rotatable bonds is 4. The van der Waals surface area contributed by atoms with Crippen molar-refractivity contribution < 1.29 is 27.4 Å². The number of hydrogen-bond acceptors (Lipinski definition) is 5. The van der Waals surface area contributed by atoms with Crippen LogP contribution in [0.25, 0.3) is 16.5 Å². The van der Waals surface area contributed by atoms with E-state index in [9.17, 15) is 23.2 Å². The molecule has 0 spiro atoms. The number of hydrogen-bond donors (Lipinski definition) is 1. The Balaban J connectivity index is 1.91. The summed E-state index contributed by atoms with van der Waals surface area (Å²) in [5, 5.41) is 11.2. The molecule has 9 heteroatoms. The lowest BCUT2D eigenvalue weighted by atomic mass is 10.1. The molecule has 0 aliphatic rings. The third kappa shape index (κ3) is 4.06. The number of carbonyl (C=O) groups excluding carboxylic acids is 1. The molecular weight excluding hydrogens is 435 g/mol. The van der Waals surface area contributed by atoms with E-state index in [4.69, 9.17) is 15.2 Å². The number of halogens is 3. The highest BCUT2D eigenvalue weighted by Gasteiger charge is 2.32. The fraction of sp³-hybridized carbons (Fsp3) is 0.0833. The van der Waals surface area contributed by atoms with Crippen LogP contribution in [0.4, 0.5) is 18.9 Å². The molecule has 4 aromatic rings. The summed E-state index contributed by atoms with van der Waals surface area (Å²) >= 11 is 0. The van der Waals surface area contributed by atoms with Crippen LogP contribution in [0.15, 0.2) is 66.9 Å². The molecule has 0 unspecified atom stereocenters. The monoisotopic (exact) mass is 451 g/mol. The first-order valence-electron chi connectivity index (χ1n) is 9.60. The van der Waals surface area contributed by atoms with Gasteiger partial charge >= 0.3 is 12.1 Å². The molecule has 3 aromatic carbocycles. The molecule has 2 N–H and O–H groups in total. The Kier molecular flexibility index (Phi) is 5.44. The lowest BCUT2D eigenvalue weighted by molar-refractivity contribution is -0.137. The Labute approximate surface area is 186 Å². The number of nitrogens with two attached hydrogens (primary N) is 1. The predicted molar refractivity (Wildman–Crippen MR) is 115 cm³/mol. The van der Waals surface area contributed by atoms with Gasteiger partial charge in [-0.15, -0.1) is 0 Å². The quantitative estimate of drug-likeness (QED) is 0.403. The van der Waals surface area contributed by atoms with Crippen molar-refractivity contribution in [2.45, 2.75) is 6.18 Å². The summed E-state index contributed by atoms with van der Waals surface area (Å²) in [5.41, 5.74) is 4.23. The minimum atomic E-state index is -4.65. The van der Waals surface area contributed by atoms with E-state index < -0.39 is 17.7 Å². The number of carbonyl (C=O) groups is 1. The van der Waals surface area contributed by atoms with Crippen LogP contribution in [0.2, 0.25) is 0 Å². The maximum atomic E-state index is 13.5. The number of alkyl halides is 3.